The molecule has 8 heteroatoms. The summed E-state index contributed by atoms with van der Waals surface area (Å²) >= 11 is 11.8. The van der Waals surface area contributed by atoms with Crippen LogP contribution in [0.4, 0.5) is 5.69 Å². The minimum absolute atomic E-state index is 0.0552. The number of benzene rings is 2. The number of sulfonamides is 1. The minimum atomic E-state index is -3.91. The molecule has 0 amide bonds. The van der Waals surface area contributed by atoms with Gasteiger partial charge < -0.3 is 9.47 Å². The monoisotopic (exact) mass is 361 g/mol. The Labute approximate surface area is 138 Å². The van der Waals surface area contributed by atoms with E-state index in [2.05, 4.69) is 4.72 Å². The van der Waals surface area contributed by atoms with Crippen molar-refractivity contribution >= 4 is 38.9 Å². The lowest BCUT2D eigenvalue weighted by Crippen LogP contribution is -2.14. The van der Waals surface area contributed by atoms with Gasteiger partial charge in [-0.25, -0.2) is 8.42 Å². The summed E-state index contributed by atoms with van der Waals surface area (Å²) in [7, 11) is -1.08. The van der Waals surface area contributed by atoms with Crippen LogP contribution >= 0.6 is 23.2 Å². The largest absolute Gasteiger partial charge is 0.497 e. The quantitative estimate of drug-likeness (QED) is 0.879. The van der Waals surface area contributed by atoms with E-state index < -0.39 is 10.0 Å². The van der Waals surface area contributed by atoms with Gasteiger partial charge in [0.1, 0.15) is 16.4 Å². The van der Waals surface area contributed by atoms with Crippen molar-refractivity contribution in [3.05, 3.63) is 46.4 Å². The van der Waals surface area contributed by atoms with Crippen LogP contribution in [-0.2, 0) is 10.0 Å². The van der Waals surface area contributed by atoms with E-state index in [9.17, 15) is 8.42 Å². The number of hydrogen-bond donors (Lipinski definition) is 1. The molecule has 2 aromatic carbocycles. The van der Waals surface area contributed by atoms with Crippen molar-refractivity contribution < 1.29 is 17.9 Å². The molecule has 2 rings (SSSR count). The van der Waals surface area contributed by atoms with Crippen molar-refractivity contribution in [2.24, 2.45) is 0 Å². The van der Waals surface area contributed by atoms with Crippen LogP contribution in [0.5, 0.6) is 11.5 Å². The number of ether oxygens (including phenoxy) is 2. The van der Waals surface area contributed by atoms with Crippen LogP contribution in [-0.4, -0.2) is 22.6 Å². The maximum absolute atomic E-state index is 12.5. The molecule has 0 spiro atoms. The molecule has 0 aliphatic carbocycles. The molecule has 0 aliphatic heterocycles. The highest BCUT2D eigenvalue weighted by Gasteiger charge is 2.21. The number of halogens is 2. The fourth-order valence-electron chi connectivity index (χ4n) is 1.77. The molecule has 0 saturated carbocycles. The fraction of sp³-hybridized carbons (Fsp3) is 0.143. The van der Waals surface area contributed by atoms with Gasteiger partial charge in [0.15, 0.2) is 0 Å². The van der Waals surface area contributed by atoms with Crippen molar-refractivity contribution in [2.75, 3.05) is 18.9 Å². The second-order valence-corrected chi connectivity index (χ2v) is 6.74. The second-order valence-electron chi connectivity index (χ2n) is 4.25. The zero-order chi connectivity index (χ0) is 16.3. The highest BCUT2D eigenvalue weighted by Crippen LogP contribution is 2.32. The summed E-state index contributed by atoms with van der Waals surface area (Å²) in [5, 5.41) is 0.602. The molecule has 0 aliphatic rings. The maximum Gasteiger partial charge on any atom is 0.265 e. The lowest BCUT2D eigenvalue weighted by atomic mass is 10.3. The lowest BCUT2D eigenvalue weighted by molar-refractivity contribution is 0.392. The van der Waals surface area contributed by atoms with E-state index in [1.165, 1.54) is 44.6 Å². The summed E-state index contributed by atoms with van der Waals surface area (Å²) in [5.41, 5.74) is 0.218. The lowest BCUT2D eigenvalue weighted by Gasteiger charge is -2.13. The number of rotatable bonds is 5. The number of hydrogen-bond acceptors (Lipinski definition) is 4. The number of methoxy groups -OCH3 is 2. The molecule has 0 bridgehead atoms. The van der Waals surface area contributed by atoms with Crippen molar-refractivity contribution in [2.45, 2.75) is 4.90 Å². The third kappa shape index (κ3) is 3.58. The van der Waals surface area contributed by atoms with Gasteiger partial charge in [-0.15, -0.1) is 0 Å². The van der Waals surface area contributed by atoms with E-state index in [0.717, 1.165) is 0 Å². The first kappa shape index (κ1) is 16.7. The first-order valence-electron chi connectivity index (χ1n) is 6.07. The Hall–Kier alpha value is -1.63. The van der Waals surface area contributed by atoms with E-state index >= 15 is 0 Å². The second kappa shape index (κ2) is 6.64. The molecule has 2 aromatic rings. The Kier molecular flexibility index (Phi) is 5.05. The van der Waals surface area contributed by atoms with Crippen LogP contribution in [0.25, 0.3) is 0 Å². The fourth-order valence-corrected chi connectivity index (χ4v) is 3.54. The van der Waals surface area contributed by atoms with Crippen molar-refractivity contribution in [3.8, 4) is 11.5 Å². The van der Waals surface area contributed by atoms with Crippen molar-refractivity contribution in [3.63, 3.8) is 0 Å². The van der Waals surface area contributed by atoms with Gasteiger partial charge in [-0.05, 0) is 30.3 Å². The summed E-state index contributed by atoms with van der Waals surface area (Å²) in [5.74, 6) is 0.585. The Morgan fingerprint density at radius 3 is 2.32 bits per heavy atom. The molecule has 0 unspecified atom stereocenters. The summed E-state index contributed by atoms with van der Waals surface area (Å²) in [4.78, 5) is -0.0552. The van der Waals surface area contributed by atoms with Crippen LogP contribution in [0.1, 0.15) is 0 Å². The minimum Gasteiger partial charge on any atom is -0.497 e. The molecule has 0 saturated heterocycles. The normalized spacial score (nSPS) is 11.1. The van der Waals surface area contributed by atoms with E-state index in [1.54, 1.807) is 6.07 Å². The molecule has 5 nitrogen and oxygen atoms in total. The summed E-state index contributed by atoms with van der Waals surface area (Å²) in [6.07, 6.45) is 0. The molecule has 22 heavy (non-hydrogen) atoms. The van der Waals surface area contributed by atoms with E-state index in [0.29, 0.717) is 10.8 Å². The first-order chi connectivity index (χ1) is 10.4. The van der Waals surface area contributed by atoms with Gasteiger partial charge in [0.2, 0.25) is 0 Å². The van der Waals surface area contributed by atoms with Gasteiger partial charge in [0.05, 0.1) is 24.9 Å². The van der Waals surface area contributed by atoms with E-state index in [4.69, 9.17) is 32.7 Å². The molecular formula is C14H13Cl2NO4S. The Balaban J connectivity index is 2.46. The smallest absolute Gasteiger partial charge is 0.265 e. The van der Waals surface area contributed by atoms with Gasteiger partial charge in [0, 0.05) is 11.1 Å². The average molecular weight is 362 g/mol. The first-order valence-corrected chi connectivity index (χ1v) is 8.31. The molecular weight excluding hydrogens is 349 g/mol. The Bertz CT molecular complexity index is 793. The average Bonchev–Trinajstić information content (AvgIpc) is 2.49. The predicted octanol–water partition coefficient (Wildman–Crippen LogP) is 3.81. The van der Waals surface area contributed by atoms with Crippen LogP contribution in [0, 0.1) is 0 Å². The van der Waals surface area contributed by atoms with Gasteiger partial charge in [-0.3, -0.25) is 4.72 Å². The number of anilines is 1. The number of nitrogens with one attached hydrogen (secondary N) is 1. The molecule has 118 valence electrons. The van der Waals surface area contributed by atoms with Crippen LogP contribution in [0.2, 0.25) is 10.0 Å². The Morgan fingerprint density at radius 1 is 1.00 bits per heavy atom. The van der Waals surface area contributed by atoms with E-state index in [1.807, 2.05) is 0 Å². The summed E-state index contributed by atoms with van der Waals surface area (Å²) < 4.78 is 37.6. The van der Waals surface area contributed by atoms with E-state index in [-0.39, 0.29) is 21.4 Å². The molecule has 1 N–H and O–H groups in total. The van der Waals surface area contributed by atoms with Gasteiger partial charge in [-0.1, -0.05) is 23.2 Å². The highest BCUT2D eigenvalue weighted by atomic mass is 35.5. The zero-order valence-electron chi connectivity index (χ0n) is 11.8. The highest BCUT2D eigenvalue weighted by molar-refractivity contribution is 7.92. The zero-order valence-corrected chi connectivity index (χ0v) is 14.1. The molecule has 0 radical (unpaired) electrons. The third-order valence-electron chi connectivity index (χ3n) is 2.84. The third-order valence-corrected chi connectivity index (χ3v) is 4.77. The Morgan fingerprint density at radius 2 is 1.73 bits per heavy atom. The topological polar surface area (TPSA) is 64.6 Å². The SMILES string of the molecule is COc1ccc(OC)c(S(=O)(=O)Nc2ccc(Cl)cc2Cl)c1. The van der Waals surface area contributed by atoms with Crippen LogP contribution in [0.3, 0.4) is 0 Å². The molecule has 0 aromatic heterocycles. The standard InChI is InChI=1S/C14H13Cl2NO4S/c1-20-10-4-6-13(21-2)14(8-10)22(18,19)17-12-5-3-9(15)7-11(12)16/h3-8,17H,1-2H3. The van der Waals surface area contributed by atoms with Gasteiger partial charge in [-0.2, -0.15) is 0 Å². The van der Waals surface area contributed by atoms with Crippen LogP contribution < -0.4 is 14.2 Å². The molecule has 0 atom stereocenters. The van der Waals surface area contributed by atoms with Crippen molar-refractivity contribution in [1.29, 1.82) is 0 Å². The van der Waals surface area contributed by atoms with Gasteiger partial charge in [0.25, 0.3) is 10.0 Å². The van der Waals surface area contributed by atoms with Gasteiger partial charge >= 0.3 is 0 Å². The maximum atomic E-state index is 12.5. The predicted molar refractivity (Wildman–Crippen MR) is 86.8 cm³/mol. The van der Waals surface area contributed by atoms with Crippen molar-refractivity contribution in [1.82, 2.24) is 0 Å². The summed E-state index contributed by atoms with van der Waals surface area (Å²) in [6.45, 7) is 0. The van der Waals surface area contributed by atoms with Crippen LogP contribution in [0.15, 0.2) is 41.3 Å². The summed E-state index contributed by atoms with van der Waals surface area (Å²) in [6, 6.07) is 8.95. The molecule has 0 heterocycles. The molecule has 0 fully saturated rings.